The zero-order valence-electron chi connectivity index (χ0n) is 14.1. The molecule has 0 bridgehead atoms. The molecule has 0 fully saturated rings. The van der Waals surface area contributed by atoms with Crippen molar-refractivity contribution in [3.05, 3.63) is 36.2 Å². The fourth-order valence-electron chi connectivity index (χ4n) is 2.73. The van der Waals surface area contributed by atoms with Crippen LogP contribution in [0.1, 0.15) is 40.0 Å². The molecule has 0 amide bonds. The van der Waals surface area contributed by atoms with E-state index in [1.807, 2.05) is 49.1 Å². The highest BCUT2D eigenvalue weighted by atomic mass is 127. The molecule has 2 aromatic rings. The molecule has 0 atom stereocenters. The van der Waals surface area contributed by atoms with E-state index < -0.39 is 0 Å². The van der Waals surface area contributed by atoms with Crippen LogP contribution in [0.4, 0.5) is 0 Å². The summed E-state index contributed by atoms with van der Waals surface area (Å²) in [6.07, 6.45) is 1.62. The summed E-state index contributed by atoms with van der Waals surface area (Å²) >= 11 is 2.15. The molecule has 1 aromatic heterocycles. The Morgan fingerprint density at radius 3 is 2.18 bits per heavy atom. The molecule has 0 unspecified atom stereocenters. The van der Waals surface area contributed by atoms with Crippen molar-refractivity contribution in [2.24, 2.45) is 11.1 Å². The average Bonchev–Trinajstić information content (AvgIpc) is 2.87. The third-order valence-electron chi connectivity index (χ3n) is 3.05. The average molecular weight is 415 g/mol. The number of nitrogens with zero attached hydrogens (tertiary/aromatic N) is 2. The lowest BCUT2D eigenvalue weighted by molar-refractivity contribution is 0.240. The summed E-state index contributed by atoms with van der Waals surface area (Å²) in [6, 6.07) is 9.81. The van der Waals surface area contributed by atoms with Gasteiger partial charge in [-0.1, -0.05) is 54.6 Å². The molecule has 1 aromatic carbocycles. The van der Waals surface area contributed by atoms with E-state index in [1.54, 1.807) is 0 Å². The van der Waals surface area contributed by atoms with Crippen LogP contribution in [0.5, 0.6) is 0 Å². The number of hydrogen-bond donors (Lipinski definition) is 1. The smallest absolute Gasteiger partial charge is 0.247 e. The first-order valence-corrected chi connectivity index (χ1v) is 9.45. The van der Waals surface area contributed by atoms with Crippen LogP contribution in [-0.4, -0.2) is 20.7 Å². The number of aromatic nitrogens is 2. The van der Waals surface area contributed by atoms with E-state index in [1.165, 1.54) is 0 Å². The van der Waals surface area contributed by atoms with Crippen molar-refractivity contribution in [1.29, 1.82) is 0 Å². The molecular formula is C17H26IN3O. The maximum absolute atomic E-state index is 6.10. The molecule has 0 aliphatic heterocycles. The van der Waals surface area contributed by atoms with Gasteiger partial charge < -0.3 is 10.2 Å². The normalized spacial score (nSPS) is 11.8. The first-order chi connectivity index (χ1) is 10.3. The van der Waals surface area contributed by atoms with Gasteiger partial charge in [-0.2, -0.15) is 0 Å². The Balaban J connectivity index is 0.00000116. The van der Waals surface area contributed by atoms with Crippen molar-refractivity contribution in [3.63, 3.8) is 0 Å². The third kappa shape index (κ3) is 6.44. The van der Waals surface area contributed by atoms with E-state index in [0.717, 1.165) is 18.4 Å². The van der Waals surface area contributed by atoms with E-state index in [4.69, 9.17) is 10.2 Å². The molecule has 0 aliphatic rings. The second-order valence-corrected chi connectivity index (χ2v) is 6.87. The van der Waals surface area contributed by atoms with Gasteiger partial charge in [0.25, 0.3) is 0 Å². The van der Waals surface area contributed by atoms with E-state index in [9.17, 15) is 0 Å². The minimum absolute atomic E-state index is 0.0265. The van der Waals surface area contributed by atoms with Gasteiger partial charge >= 0.3 is 0 Å². The first-order valence-electron chi connectivity index (χ1n) is 7.30. The van der Waals surface area contributed by atoms with Crippen LogP contribution >= 0.6 is 22.6 Å². The zero-order chi connectivity index (χ0) is 16.8. The number of rotatable bonds is 5. The monoisotopic (exact) mass is 415 g/mol. The Morgan fingerprint density at radius 1 is 1.05 bits per heavy atom. The Bertz CT molecular complexity index is 559. The van der Waals surface area contributed by atoms with Crippen LogP contribution in [-0.2, 0) is 6.42 Å². The molecule has 0 aliphatic carbocycles. The summed E-state index contributed by atoms with van der Waals surface area (Å²) in [7, 11) is 0. The van der Waals surface area contributed by atoms with E-state index in [0.29, 0.717) is 11.8 Å². The third-order valence-corrected chi connectivity index (χ3v) is 3.05. The maximum atomic E-state index is 6.10. The first kappa shape index (κ1) is 19.1. The lowest BCUT2D eigenvalue weighted by Crippen LogP contribution is -2.38. The lowest BCUT2D eigenvalue weighted by Gasteiger charge is -2.31. The molecule has 122 valence electrons. The number of nitrogens with two attached hydrogens (primary N) is 1. The fourth-order valence-corrected chi connectivity index (χ4v) is 2.73. The Kier molecular flexibility index (Phi) is 6.99. The minimum atomic E-state index is -0.203. The second kappa shape index (κ2) is 8.06. The van der Waals surface area contributed by atoms with Crippen LogP contribution in [0, 0.1) is 5.41 Å². The number of alkyl halides is 1. The second-order valence-electron chi connectivity index (χ2n) is 6.87. The van der Waals surface area contributed by atoms with Crippen LogP contribution in [0.2, 0.25) is 0 Å². The Hall–Kier alpha value is -0.950. The van der Waals surface area contributed by atoms with Gasteiger partial charge in [-0.3, -0.25) is 0 Å². The van der Waals surface area contributed by atoms with Crippen molar-refractivity contribution in [3.8, 4) is 11.5 Å². The topological polar surface area (TPSA) is 64.9 Å². The van der Waals surface area contributed by atoms with E-state index in [-0.39, 0.29) is 11.0 Å². The van der Waals surface area contributed by atoms with Gasteiger partial charge in [0.2, 0.25) is 11.8 Å². The number of hydrogen-bond acceptors (Lipinski definition) is 4. The van der Waals surface area contributed by atoms with Crippen molar-refractivity contribution in [1.82, 2.24) is 10.2 Å². The molecule has 4 nitrogen and oxygen atoms in total. The largest absolute Gasteiger partial charge is 0.421 e. The predicted octanol–water partition coefficient (Wildman–Crippen LogP) is 4.48. The highest BCUT2D eigenvalue weighted by Crippen LogP contribution is 2.31. The molecule has 0 radical (unpaired) electrons. The fraction of sp³-hybridized carbons (Fsp3) is 0.529. The molecule has 1 heterocycles. The molecular weight excluding hydrogens is 389 g/mol. The summed E-state index contributed by atoms with van der Waals surface area (Å²) < 4.78 is 5.76. The van der Waals surface area contributed by atoms with Crippen LogP contribution in [0.15, 0.2) is 34.7 Å². The van der Waals surface area contributed by atoms with Gasteiger partial charge in [-0.05, 0) is 42.7 Å². The van der Waals surface area contributed by atoms with Gasteiger partial charge in [-0.15, -0.1) is 10.2 Å². The van der Waals surface area contributed by atoms with Gasteiger partial charge in [0.15, 0.2) is 0 Å². The molecule has 0 saturated carbocycles. The van der Waals surface area contributed by atoms with Gasteiger partial charge in [0.05, 0.1) is 0 Å². The standard InChI is InChI=1S/C16H23N3O.CH3I/c1-15(2,11-16(3,4)17)10-13-18-19-14(20-13)12-8-6-5-7-9-12;1-2/h5-9H,10-11,17H2,1-4H3;1H3. The SMILES string of the molecule is CC(C)(N)CC(C)(C)Cc1nnc(-c2ccccc2)o1.CI. The quantitative estimate of drug-likeness (QED) is 0.578. The summed E-state index contributed by atoms with van der Waals surface area (Å²) in [6.45, 7) is 8.43. The van der Waals surface area contributed by atoms with E-state index >= 15 is 0 Å². The summed E-state index contributed by atoms with van der Waals surface area (Å²) in [5.41, 5.74) is 6.88. The lowest BCUT2D eigenvalue weighted by atomic mass is 9.78. The zero-order valence-corrected chi connectivity index (χ0v) is 16.2. The molecule has 2 N–H and O–H groups in total. The van der Waals surface area contributed by atoms with Crippen LogP contribution < -0.4 is 5.73 Å². The summed E-state index contributed by atoms with van der Waals surface area (Å²) in [5, 5.41) is 8.27. The van der Waals surface area contributed by atoms with Crippen molar-refractivity contribution >= 4 is 22.6 Å². The minimum Gasteiger partial charge on any atom is -0.421 e. The number of benzene rings is 1. The molecule has 2 rings (SSSR count). The van der Waals surface area contributed by atoms with Crippen molar-refractivity contribution in [2.45, 2.75) is 46.1 Å². The summed E-state index contributed by atoms with van der Waals surface area (Å²) in [5.74, 6) is 1.24. The van der Waals surface area contributed by atoms with Gasteiger partial charge in [-0.25, -0.2) is 0 Å². The number of halogens is 1. The van der Waals surface area contributed by atoms with Crippen molar-refractivity contribution < 1.29 is 4.42 Å². The van der Waals surface area contributed by atoms with Gasteiger partial charge in [0, 0.05) is 17.5 Å². The summed E-state index contributed by atoms with van der Waals surface area (Å²) in [4.78, 5) is 1.97. The highest BCUT2D eigenvalue weighted by molar-refractivity contribution is 14.1. The Morgan fingerprint density at radius 2 is 1.64 bits per heavy atom. The highest BCUT2D eigenvalue weighted by Gasteiger charge is 2.28. The van der Waals surface area contributed by atoms with Crippen LogP contribution in [0.3, 0.4) is 0 Å². The predicted molar refractivity (Wildman–Crippen MR) is 100 cm³/mol. The molecule has 22 heavy (non-hydrogen) atoms. The van der Waals surface area contributed by atoms with E-state index in [2.05, 4.69) is 46.6 Å². The molecule has 5 heteroatoms. The Labute approximate surface area is 147 Å². The maximum Gasteiger partial charge on any atom is 0.247 e. The molecule has 0 spiro atoms. The van der Waals surface area contributed by atoms with Crippen molar-refractivity contribution in [2.75, 3.05) is 4.93 Å². The van der Waals surface area contributed by atoms with Gasteiger partial charge in [0.1, 0.15) is 0 Å². The molecule has 0 saturated heterocycles. The van der Waals surface area contributed by atoms with Crippen LogP contribution in [0.25, 0.3) is 11.5 Å².